The molecule has 0 atom stereocenters. The van der Waals surface area contributed by atoms with Crippen molar-refractivity contribution in [1.29, 1.82) is 0 Å². The van der Waals surface area contributed by atoms with Crippen LogP contribution in [0.5, 0.6) is 5.75 Å². The van der Waals surface area contributed by atoms with Crippen LogP contribution in [0, 0.1) is 5.41 Å². The molecule has 0 unspecified atom stereocenters. The third-order valence-electron chi connectivity index (χ3n) is 4.38. The van der Waals surface area contributed by atoms with Crippen molar-refractivity contribution in [2.24, 2.45) is 5.41 Å². The van der Waals surface area contributed by atoms with Crippen LogP contribution in [0.25, 0.3) is 16.7 Å². The quantitative estimate of drug-likeness (QED) is 0.846. The van der Waals surface area contributed by atoms with E-state index < -0.39 is 5.41 Å². The molecular formula is C21H20O3. The van der Waals surface area contributed by atoms with Crippen molar-refractivity contribution in [1.82, 2.24) is 0 Å². The second-order valence-corrected chi connectivity index (χ2v) is 6.69. The van der Waals surface area contributed by atoms with Crippen LogP contribution in [0.2, 0.25) is 0 Å². The molecule has 1 aliphatic rings. The first-order chi connectivity index (χ1) is 11.4. The van der Waals surface area contributed by atoms with Crippen LogP contribution in [0.15, 0.2) is 54.6 Å². The molecule has 24 heavy (non-hydrogen) atoms. The molecule has 0 saturated carbocycles. The third kappa shape index (κ3) is 2.90. The van der Waals surface area contributed by atoms with Crippen LogP contribution in [0.3, 0.4) is 0 Å². The zero-order valence-electron chi connectivity index (χ0n) is 14.1. The summed E-state index contributed by atoms with van der Waals surface area (Å²) in [6.07, 6.45) is 1.75. The van der Waals surface area contributed by atoms with Crippen LogP contribution in [-0.4, -0.2) is 18.7 Å². The van der Waals surface area contributed by atoms with E-state index in [1.165, 1.54) is 6.08 Å². The molecular weight excluding hydrogens is 300 g/mol. The van der Waals surface area contributed by atoms with Gasteiger partial charge in [0.25, 0.3) is 0 Å². The molecule has 3 nitrogen and oxygen atoms in total. The fourth-order valence-electron chi connectivity index (χ4n) is 3.12. The van der Waals surface area contributed by atoms with Crippen molar-refractivity contribution in [3.8, 4) is 16.9 Å². The normalized spacial score (nSPS) is 16.7. The third-order valence-corrected chi connectivity index (χ3v) is 4.38. The first-order valence-electron chi connectivity index (χ1n) is 7.95. The molecule has 0 spiro atoms. The van der Waals surface area contributed by atoms with E-state index in [4.69, 9.17) is 4.74 Å². The first kappa shape index (κ1) is 16.2. The van der Waals surface area contributed by atoms with Crippen molar-refractivity contribution in [2.75, 3.05) is 7.11 Å². The fourth-order valence-corrected chi connectivity index (χ4v) is 3.12. The number of allylic oxidation sites excluding steroid dienone is 2. The number of hydrogen-bond donors (Lipinski definition) is 0. The smallest absolute Gasteiger partial charge is 0.169 e. The molecule has 3 rings (SSSR count). The summed E-state index contributed by atoms with van der Waals surface area (Å²) >= 11 is 0. The average molecular weight is 320 g/mol. The van der Waals surface area contributed by atoms with Gasteiger partial charge in [-0.2, -0.15) is 0 Å². The molecule has 0 amide bonds. The van der Waals surface area contributed by atoms with E-state index >= 15 is 0 Å². The molecule has 2 aromatic rings. The number of Topliss-reactive ketones (excluding diaryl/α,β-unsaturated/α-hetero) is 1. The number of benzene rings is 2. The predicted octanol–water partition coefficient (Wildman–Crippen LogP) is 4.31. The van der Waals surface area contributed by atoms with Gasteiger partial charge in [0.1, 0.15) is 5.75 Å². The Hall–Kier alpha value is -2.68. The van der Waals surface area contributed by atoms with Gasteiger partial charge >= 0.3 is 0 Å². The largest absolute Gasteiger partial charge is 0.497 e. The van der Waals surface area contributed by atoms with E-state index in [1.807, 2.05) is 62.4 Å². The number of hydrogen-bond acceptors (Lipinski definition) is 3. The molecule has 122 valence electrons. The van der Waals surface area contributed by atoms with Gasteiger partial charge in [-0.1, -0.05) is 50.2 Å². The number of carbonyl (C=O) groups is 2. The van der Waals surface area contributed by atoms with E-state index in [9.17, 15) is 9.59 Å². The van der Waals surface area contributed by atoms with Crippen LogP contribution in [-0.2, 0) is 9.59 Å². The minimum atomic E-state index is -0.664. The van der Waals surface area contributed by atoms with Gasteiger partial charge in [-0.05, 0) is 34.9 Å². The maximum atomic E-state index is 12.9. The maximum Gasteiger partial charge on any atom is 0.169 e. The van der Waals surface area contributed by atoms with Crippen LogP contribution in [0.1, 0.15) is 25.8 Å². The lowest BCUT2D eigenvalue weighted by atomic mass is 9.73. The standard InChI is InChI=1S/C21H20O3/c1-21(2)13-15(22)12-19(20(21)23)18-10-5-4-9-17(18)14-7-6-8-16(11-14)24-3/h4-12H,13H2,1-3H3. The van der Waals surface area contributed by atoms with Gasteiger partial charge in [0.05, 0.1) is 7.11 Å². The summed E-state index contributed by atoms with van der Waals surface area (Å²) < 4.78 is 5.30. The number of ketones is 2. The lowest BCUT2D eigenvalue weighted by Gasteiger charge is -2.28. The van der Waals surface area contributed by atoms with Crippen LogP contribution >= 0.6 is 0 Å². The lowest BCUT2D eigenvalue weighted by molar-refractivity contribution is -0.127. The van der Waals surface area contributed by atoms with Gasteiger partial charge in [-0.15, -0.1) is 0 Å². The van der Waals surface area contributed by atoms with Gasteiger partial charge in [0, 0.05) is 17.4 Å². The monoisotopic (exact) mass is 320 g/mol. The molecule has 1 aliphatic carbocycles. The van der Waals surface area contributed by atoms with Gasteiger partial charge in [0.15, 0.2) is 11.6 Å². The minimum Gasteiger partial charge on any atom is -0.497 e. The summed E-state index contributed by atoms with van der Waals surface area (Å²) in [7, 11) is 1.62. The summed E-state index contributed by atoms with van der Waals surface area (Å²) in [4.78, 5) is 25.0. The van der Waals surface area contributed by atoms with Crippen molar-refractivity contribution in [3.63, 3.8) is 0 Å². The molecule has 0 saturated heterocycles. The van der Waals surface area contributed by atoms with Gasteiger partial charge in [0.2, 0.25) is 0 Å². The number of ether oxygens (including phenoxy) is 1. The van der Waals surface area contributed by atoms with Crippen LogP contribution in [0.4, 0.5) is 0 Å². The Labute approximate surface area is 142 Å². The van der Waals surface area contributed by atoms with E-state index in [-0.39, 0.29) is 18.0 Å². The Morgan fingerprint density at radius 2 is 1.67 bits per heavy atom. The average Bonchev–Trinajstić information content (AvgIpc) is 2.58. The molecule has 0 aromatic heterocycles. The van der Waals surface area contributed by atoms with Crippen molar-refractivity contribution >= 4 is 17.1 Å². The second kappa shape index (κ2) is 6.08. The van der Waals surface area contributed by atoms with Gasteiger partial charge < -0.3 is 4.74 Å². The molecule has 0 heterocycles. The predicted molar refractivity (Wildman–Crippen MR) is 94.8 cm³/mol. The Kier molecular flexibility index (Phi) is 4.10. The highest BCUT2D eigenvalue weighted by molar-refractivity contribution is 6.31. The summed E-state index contributed by atoms with van der Waals surface area (Å²) in [6.45, 7) is 3.66. The highest BCUT2D eigenvalue weighted by Gasteiger charge is 2.37. The number of methoxy groups -OCH3 is 1. The summed E-state index contributed by atoms with van der Waals surface area (Å²) in [5.41, 5.74) is 2.49. The van der Waals surface area contributed by atoms with Crippen molar-refractivity contribution in [2.45, 2.75) is 20.3 Å². The summed E-state index contributed by atoms with van der Waals surface area (Å²) in [6, 6.07) is 15.4. The highest BCUT2D eigenvalue weighted by atomic mass is 16.5. The summed E-state index contributed by atoms with van der Waals surface area (Å²) in [5, 5.41) is 0. The van der Waals surface area contributed by atoms with Crippen molar-refractivity contribution < 1.29 is 14.3 Å². The molecule has 3 heteroatoms. The first-order valence-corrected chi connectivity index (χ1v) is 7.95. The fraction of sp³-hybridized carbons (Fsp3) is 0.238. The van der Waals surface area contributed by atoms with E-state index in [1.54, 1.807) is 7.11 Å². The van der Waals surface area contributed by atoms with E-state index in [0.717, 1.165) is 22.4 Å². The molecule has 0 N–H and O–H groups in total. The SMILES string of the molecule is COc1cccc(-c2ccccc2C2=CC(=O)CC(C)(C)C2=O)c1. The Morgan fingerprint density at radius 3 is 2.38 bits per heavy atom. The zero-order valence-corrected chi connectivity index (χ0v) is 14.1. The Morgan fingerprint density at radius 1 is 0.958 bits per heavy atom. The molecule has 0 radical (unpaired) electrons. The minimum absolute atomic E-state index is 0.00459. The maximum absolute atomic E-state index is 12.9. The molecule has 0 fully saturated rings. The Bertz CT molecular complexity index is 844. The van der Waals surface area contributed by atoms with Gasteiger partial charge in [-0.25, -0.2) is 0 Å². The highest BCUT2D eigenvalue weighted by Crippen LogP contribution is 2.38. The topological polar surface area (TPSA) is 43.4 Å². The number of carbonyl (C=O) groups excluding carboxylic acids is 2. The van der Waals surface area contributed by atoms with Crippen molar-refractivity contribution in [3.05, 3.63) is 60.2 Å². The van der Waals surface area contributed by atoms with Crippen LogP contribution < -0.4 is 4.74 Å². The number of rotatable bonds is 3. The Balaban J connectivity index is 2.16. The summed E-state index contributed by atoms with van der Waals surface area (Å²) in [5.74, 6) is 0.759. The molecule has 2 aromatic carbocycles. The van der Waals surface area contributed by atoms with Gasteiger partial charge in [-0.3, -0.25) is 9.59 Å². The van der Waals surface area contributed by atoms with E-state index in [2.05, 4.69) is 0 Å². The van der Waals surface area contributed by atoms with E-state index in [0.29, 0.717) is 5.57 Å². The second-order valence-electron chi connectivity index (χ2n) is 6.69. The molecule has 0 aliphatic heterocycles. The zero-order chi connectivity index (χ0) is 17.3. The lowest BCUT2D eigenvalue weighted by Crippen LogP contribution is -2.32. The molecule has 0 bridgehead atoms.